The molecule has 3 N–H and O–H groups in total. The van der Waals surface area contributed by atoms with Gasteiger partial charge in [0.2, 0.25) is 0 Å². The number of nitrogens with zero attached hydrogens (tertiary/aromatic N) is 1. The number of anilines is 1. The molecule has 8 heteroatoms. The second kappa shape index (κ2) is 7.92. The van der Waals surface area contributed by atoms with Crippen LogP contribution in [0, 0.1) is 0 Å². The number of alkyl carbamates (subject to hydrolysis) is 1. The SMILES string of the molecule is C=C(c1nc(/C=C/CNC(=O)OC(C)(C)C)cc2c(N)cccc12)C(F)(F)F. The minimum atomic E-state index is -4.62. The number of aromatic nitrogens is 1. The number of rotatable bonds is 4. The minimum absolute atomic E-state index is 0.119. The molecule has 1 heterocycles. The number of ether oxygens (including phenoxy) is 1. The fourth-order valence-corrected chi connectivity index (χ4v) is 2.41. The molecule has 0 bridgehead atoms. The first kappa shape index (κ1) is 21.3. The van der Waals surface area contributed by atoms with Gasteiger partial charge in [0.1, 0.15) is 5.60 Å². The van der Waals surface area contributed by atoms with Crippen molar-refractivity contribution in [1.82, 2.24) is 10.3 Å². The number of amides is 1. The van der Waals surface area contributed by atoms with Gasteiger partial charge in [0.15, 0.2) is 0 Å². The molecule has 0 unspecified atom stereocenters. The number of carbonyl (C=O) groups excluding carboxylic acids is 1. The Morgan fingerprint density at radius 3 is 2.57 bits per heavy atom. The van der Waals surface area contributed by atoms with Crippen LogP contribution >= 0.6 is 0 Å². The molecule has 0 radical (unpaired) electrons. The molecular formula is C20H22F3N3O2. The normalized spacial score (nSPS) is 12.4. The van der Waals surface area contributed by atoms with E-state index in [2.05, 4.69) is 16.9 Å². The summed E-state index contributed by atoms with van der Waals surface area (Å²) in [5, 5.41) is 3.23. The van der Waals surface area contributed by atoms with Crippen molar-refractivity contribution in [2.24, 2.45) is 0 Å². The fraction of sp³-hybridized carbons (Fsp3) is 0.300. The molecule has 0 aliphatic rings. The number of pyridine rings is 1. The Kier molecular flexibility index (Phi) is 6.01. The lowest BCUT2D eigenvalue weighted by molar-refractivity contribution is -0.0688. The summed E-state index contributed by atoms with van der Waals surface area (Å²) in [5.41, 5.74) is 4.55. The monoisotopic (exact) mass is 393 g/mol. The number of nitrogens with one attached hydrogen (secondary N) is 1. The summed E-state index contributed by atoms with van der Waals surface area (Å²) in [6, 6.07) is 6.26. The largest absolute Gasteiger partial charge is 0.444 e. The van der Waals surface area contributed by atoms with Gasteiger partial charge in [-0.15, -0.1) is 0 Å². The van der Waals surface area contributed by atoms with Crippen LogP contribution in [0.1, 0.15) is 32.2 Å². The van der Waals surface area contributed by atoms with Gasteiger partial charge < -0.3 is 15.8 Å². The summed E-state index contributed by atoms with van der Waals surface area (Å²) in [7, 11) is 0. The average molecular weight is 393 g/mol. The van der Waals surface area contributed by atoms with Crippen LogP contribution < -0.4 is 11.1 Å². The van der Waals surface area contributed by atoms with Crippen molar-refractivity contribution in [3.05, 3.63) is 48.3 Å². The number of alkyl halides is 3. The van der Waals surface area contributed by atoms with Gasteiger partial charge in [-0.2, -0.15) is 13.2 Å². The van der Waals surface area contributed by atoms with Gasteiger partial charge in [-0.05, 0) is 39.0 Å². The zero-order valence-corrected chi connectivity index (χ0v) is 15.9. The van der Waals surface area contributed by atoms with Gasteiger partial charge in [0.25, 0.3) is 0 Å². The predicted octanol–water partition coefficient (Wildman–Crippen LogP) is 4.93. The molecule has 0 aliphatic heterocycles. The van der Waals surface area contributed by atoms with Crippen molar-refractivity contribution in [2.75, 3.05) is 12.3 Å². The molecule has 1 aromatic heterocycles. The summed E-state index contributed by atoms with van der Waals surface area (Å²) < 4.78 is 44.6. The maximum absolute atomic E-state index is 13.2. The highest BCUT2D eigenvalue weighted by molar-refractivity contribution is 6.00. The van der Waals surface area contributed by atoms with Crippen molar-refractivity contribution in [1.29, 1.82) is 0 Å². The van der Waals surface area contributed by atoms with Crippen LogP contribution in [-0.4, -0.2) is 29.4 Å². The van der Waals surface area contributed by atoms with Crippen molar-refractivity contribution in [3.63, 3.8) is 0 Å². The Hall–Kier alpha value is -3.03. The van der Waals surface area contributed by atoms with E-state index < -0.39 is 23.4 Å². The fourth-order valence-electron chi connectivity index (χ4n) is 2.41. The van der Waals surface area contributed by atoms with E-state index in [0.717, 1.165) is 0 Å². The first-order valence-electron chi connectivity index (χ1n) is 8.47. The number of hydrogen-bond acceptors (Lipinski definition) is 4. The third kappa shape index (κ3) is 5.48. The Balaban J connectivity index is 2.29. The summed E-state index contributed by atoms with van der Waals surface area (Å²) in [6.07, 6.45) is -2.17. The van der Waals surface area contributed by atoms with Gasteiger partial charge in [-0.3, -0.25) is 0 Å². The highest BCUT2D eigenvalue weighted by Crippen LogP contribution is 2.36. The van der Waals surface area contributed by atoms with Crippen LogP contribution in [-0.2, 0) is 4.74 Å². The van der Waals surface area contributed by atoms with Gasteiger partial charge in [0, 0.05) is 23.0 Å². The van der Waals surface area contributed by atoms with Crippen LogP contribution in [0.2, 0.25) is 0 Å². The van der Waals surface area contributed by atoms with Crippen molar-refractivity contribution < 1.29 is 22.7 Å². The second-order valence-corrected chi connectivity index (χ2v) is 7.10. The van der Waals surface area contributed by atoms with Gasteiger partial charge >= 0.3 is 12.3 Å². The molecule has 28 heavy (non-hydrogen) atoms. The van der Waals surface area contributed by atoms with Crippen molar-refractivity contribution >= 4 is 34.2 Å². The topological polar surface area (TPSA) is 77.2 Å². The summed E-state index contributed by atoms with van der Waals surface area (Å²) in [5.74, 6) is 0. The number of hydrogen-bond donors (Lipinski definition) is 2. The molecule has 0 fully saturated rings. The predicted molar refractivity (Wildman–Crippen MR) is 105 cm³/mol. The number of allylic oxidation sites excluding steroid dienone is 1. The lowest BCUT2D eigenvalue weighted by Gasteiger charge is -2.19. The van der Waals surface area contributed by atoms with E-state index in [0.29, 0.717) is 11.1 Å². The van der Waals surface area contributed by atoms with E-state index >= 15 is 0 Å². The number of nitrogen functional groups attached to an aromatic ring is 1. The van der Waals surface area contributed by atoms with E-state index in [1.807, 2.05) is 0 Å². The smallest absolute Gasteiger partial charge is 0.417 e. The van der Waals surface area contributed by atoms with Crippen LogP contribution in [0.25, 0.3) is 22.4 Å². The second-order valence-electron chi connectivity index (χ2n) is 7.10. The molecule has 0 aliphatic carbocycles. The number of halogens is 3. The third-order valence-corrected chi connectivity index (χ3v) is 3.61. The molecule has 0 atom stereocenters. The summed E-state index contributed by atoms with van der Waals surface area (Å²) in [4.78, 5) is 15.7. The van der Waals surface area contributed by atoms with Gasteiger partial charge in [-0.25, -0.2) is 9.78 Å². The Morgan fingerprint density at radius 2 is 1.96 bits per heavy atom. The molecule has 150 valence electrons. The average Bonchev–Trinajstić information content (AvgIpc) is 2.56. The summed E-state index contributed by atoms with van der Waals surface area (Å²) >= 11 is 0. The van der Waals surface area contributed by atoms with Crippen LogP contribution in [0.4, 0.5) is 23.7 Å². The zero-order valence-electron chi connectivity index (χ0n) is 15.9. The van der Waals surface area contributed by atoms with E-state index in [1.54, 1.807) is 45.0 Å². The van der Waals surface area contributed by atoms with Crippen LogP contribution in [0.3, 0.4) is 0 Å². The molecule has 0 saturated heterocycles. The van der Waals surface area contributed by atoms with E-state index in [9.17, 15) is 18.0 Å². The Labute approximate surface area is 161 Å². The minimum Gasteiger partial charge on any atom is -0.444 e. The molecule has 2 rings (SSSR count). The molecule has 1 aromatic carbocycles. The lowest BCUT2D eigenvalue weighted by Crippen LogP contribution is -2.32. The molecule has 2 aromatic rings. The molecule has 0 saturated carbocycles. The first-order valence-corrected chi connectivity index (χ1v) is 8.47. The van der Waals surface area contributed by atoms with Gasteiger partial charge in [0.05, 0.1) is 17.0 Å². The van der Waals surface area contributed by atoms with Gasteiger partial charge in [-0.1, -0.05) is 24.8 Å². The van der Waals surface area contributed by atoms with Crippen LogP contribution in [0.5, 0.6) is 0 Å². The highest BCUT2D eigenvalue weighted by atomic mass is 19.4. The number of benzene rings is 1. The molecule has 1 amide bonds. The number of nitrogens with two attached hydrogens (primary N) is 1. The standard InChI is InChI=1S/C20H22F3N3O2/c1-12(20(21,22)23)17-14-8-5-9-16(24)15(14)11-13(26-17)7-6-10-25-18(27)28-19(2,3)4/h5-9,11H,1,10,24H2,2-4H3,(H,25,27)/b7-6+. The molecular weight excluding hydrogens is 371 g/mol. The first-order chi connectivity index (χ1) is 12.9. The lowest BCUT2D eigenvalue weighted by atomic mass is 10.0. The Morgan fingerprint density at radius 1 is 1.29 bits per heavy atom. The van der Waals surface area contributed by atoms with Crippen molar-refractivity contribution in [2.45, 2.75) is 32.5 Å². The molecule has 0 spiro atoms. The van der Waals surface area contributed by atoms with Crippen LogP contribution in [0.15, 0.2) is 36.9 Å². The highest BCUT2D eigenvalue weighted by Gasteiger charge is 2.35. The van der Waals surface area contributed by atoms with E-state index in [1.165, 1.54) is 12.1 Å². The third-order valence-electron chi connectivity index (χ3n) is 3.61. The summed E-state index contributed by atoms with van der Waals surface area (Å²) in [6.45, 7) is 8.48. The van der Waals surface area contributed by atoms with Crippen molar-refractivity contribution in [3.8, 4) is 0 Å². The maximum Gasteiger partial charge on any atom is 0.417 e. The molecule has 5 nitrogen and oxygen atoms in total. The maximum atomic E-state index is 13.2. The quantitative estimate of drug-likeness (QED) is 0.722. The zero-order chi connectivity index (χ0) is 21.1. The number of fused-ring (bicyclic) bond motifs is 1. The Bertz CT molecular complexity index is 929. The van der Waals surface area contributed by atoms with E-state index in [-0.39, 0.29) is 23.3 Å². The number of carbonyl (C=O) groups is 1. The van der Waals surface area contributed by atoms with E-state index in [4.69, 9.17) is 10.5 Å².